The molecule has 0 fully saturated rings. The van der Waals surface area contributed by atoms with Crippen LogP contribution in [0.25, 0.3) is 0 Å². The number of rotatable bonds is 5. The van der Waals surface area contributed by atoms with Crippen molar-refractivity contribution in [3.63, 3.8) is 0 Å². The van der Waals surface area contributed by atoms with Crippen molar-refractivity contribution in [1.82, 2.24) is 0 Å². The number of carboxylic acid groups (broad SMARTS) is 2. The zero-order valence-electron chi connectivity index (χ0n) is 8.03. The lowest BCUT2D eigenvalue weighted by molar-refractivity contribution is -0.140. The Balaban J connectivity index is 5.38. The van der Waals surface area contributed by atoms with Crippen LogP contribution in [0, 0.1) is 0 Å². The van der Waals surface area contributed by atoms with Crippen LogP contribution in [0.2, 0.25) is 0 Å². The van der Waals surface area contributed by atoms with Gasteiger partial charge in [0.1, 0.15) is 5.76 Å². The van der Waals surface area contributed by atoms with E-state index in [0.717, 1.165) is 0 Å². The molecule has 0 amide bonds. The van der Waals surface area contributed by atoms with E-state index in [4.69, 9.17) is 14.9 Å². The average Bonchev–Trinajstić information content (AvgIpc) is 2.01. The fraction of sp³-hybridized carbons (Fsp3) is 0.333. The van der Waals surface area contributed by atoms with Gasteiger partial charge in [0.15, 0.2) is 5.57 Å². The van der Waals surface area contributed by atoms with Crippen molar-refractivity contribution in [2.24, 2.45) is 0 Å². The Morgan fingerprint density at radius 2 is 1.71 bits per heavy atom. The topological polar surface area (TPSA) is 83.8 Å². The highest BCUT2D eigenvalue weighted by atomic mass is 16.5. The molecule has 78 valence electrons. The van der Waals surface area contributed by atoms with E-state index < -0.39 is 17.5 Å². The largest absolute Gasteiger partial charge is 0.492 e. The minimum Gasteiger partial charge on any atom is -0.492 e. The molecule has 2 N–H and O–H groups in total. The Hall–Kier alpha value is -1.78. The van der Waals surface area contributed by atoms with Crippen LogP contribution < -0.4 is 0 Å². The maximum atomic E-state index is 10.6. The van der Waals surface area contributed by atoms with Gasteiger partial charge in [-0.1, -0.05) is 6.58 Å². The molecule has 0 saturated heterocycles. The molecule has 0 rings (SSSR count). The van der Waals surface area contributed by atoms with E-state index in [1.54, 1.807) is 6.92 Å². The number of carboxylic acids is 2. The van der Waals surface area contributed by atoms with Crippen LogP contribution >= 0.6 is 0 Å². The van der Waals surface area contributed by atoms with Gasteiger partial charge < -0.3 is 14.9 Å². The fourth-order valence-electron chi connectivity index (χ4n) is 0.839. The standard InChI is InChI=1S/C9H12O5/c1-4-14-7(5(2)3)6(8(10)11)9(12)13/h2,4H2,1,3H3,(H,10,11)(H,12,13). The number of aliphatic carboxylic acids is 2. The second kappa shape index (κ2) is 5.06. The second-order valence-corrected chi connectivity index (χ2v) is 2.53. The molecule has 0 saturated carbocycles. The van der Waals surface area contributed by atoms with Gasteiger partial charge in [-0.25, -0.2) is 9.59 Å². The molecule has 0 aromatic heterocycles. The Labute approximate surface area is 81.3 Å². The van der Waals surface area contributed by atoms with Gasteiger partial charge in [0.05, 0.1) is 6.61 Å². The first-order valence-electron chi connectivity index (χ1n) is 3.91. The van der Waals surface area contributed by atoms with Gasteiger partial charge in [-0.15, -0.1) is 0 Å². The Bertz CT molecular complexity index is 284. The lowest BCUT2D eigenvalue weighted by Crippen LogP contribution is -2.16. The molecule has 0 radical (unpaired) electrons. The highest BCUT2D eigenvalue weighted by molar-refractivity contribution is 6.13. The molecule has 0 aliphatic rings. The first-order valence-corrected chi connectivity index (χ1v) is 3.91. The summed E-state index contributed by atoms with van der Waals surface area (Å²) < 4.78 is 4.91. The summed E-state index contributed by atoms with van der Waals surface area (Å²) in [5.74, 6) is -3.26. The second-order valence-electron chi connectivity index (χ2n) is 2.53. The zero-order chi connectivity index (χ0) is 11.3. The summed E-state index contributed by atoms with van der Waals surface area (Å²) in [4.78, 5) is 21.2. The molecular formula is C9H12O5. The minimum absolute atomic E-state index is 0.187. The van der Waals surface area contributed by atoms with E-state index in [2.05, 4.69) is 6.58 Å². The van der Waals surface area contributed by atoms with Crippen molar-refractivity contribution >= 4 is 11.9 Å². The summed E-state index contributed by atoms with van der Waals surface area (Å²) in [5.41, 5.74) is -0.522. The first kappa shape index (κ1) is 12.2. The van der Waals surface area contributed by atoms with Crippen molar-refractivity contribution < 1.29 is 24.5 Å². The third-order valence-corrected chi connectivity index (χ3v) is 1.33. The smallest absolute Gasteiger partial charge is 0.347 e. The van der Waals surface area contributed by atoms with Crippen LogP contribution in [0.4, 0.5) is 0 Å². The molecule has 0 atom stereocenters. The van der Waals surface area contributed by atoms with E-state index in [1.807, 2.05) is 0 Å². The van der Waals surface area contributed by atoms with Crippen LogP contribution in [0.1, 0.15) is 13.8 Å². The predicted molar refractivity (Wildman–Crippen MR) is 48.7 cm³/mol. The molecule has 0 heterocycles. The zero-order valence-corrected chi connectivity index (χ0v) is 8.03. The molecular weight excluding hydrogens is 188 g/mol. The third kappa shape index (κ3) is 2.93. The molecule has 14 heavy (non-hydrogen) atoms. The quantitative estimate of drug-likeness (QED) is 0.227. The summed E-state index contributed by atoms with van der Waals surface area (Å²) >= 11 is 0. The van der Waals surface area contributed by atoms with Gasteiger partial charge in [-0.2, -0.15) is 0 Å². The van der Waals surface area contributed by atoms with Gasteiger partial charge >= 0.3 is 11.9 Å². The summed E-state index contributed by atoms with van der Waals surface area (Å²) in [6.07, 6.45) is 0. The highest BCUT2D eigenvalue weighted by Gasteiger charge is 2.23. The number of carbonyl (C=O) groups is 2. The molecule has 0 unspecified atom stereocenters. The first-order chi connectivity index (χ1) is 6.41. The van der Waals surface area contributed by atoms with E-state index in [-0.39, 0.29) is 17.9 Å². The Morgan fingerprint density at radius 3 is 1.93 bits per heavy atom. The summed E-state index contributed by atoms with van der Waals surface area (Å²) in [6, 6.07) is 0. The molecule has 0 aliphatic heterocycles. The maximum absolute atomic E-state index is 10.6. The van der Waals surface area contributed by atoms with Crippen molar-refractivity contribution in [3.8, 4) is 0 Å². The highest BCUT2D eigenvalue weighted by Crippen LogP contribution is 2.15. The average molecular weight is 200 g/mol. The van der Waals surface area contributed by atoms with Crippen LogP contribution in [0.3, 0.4) is 0 Å². The predicted octanol–water partition coefficient (Wildman–Crippen LogP) is 1.02. The summed E-state index contributed by atoms with van der Waals surface area (Å²) in [7, 11) is 0. The molecule has 0 aromatic carbocycles. The van der Waals surface area contributed by atoms with Crippen molar-refractivity contribution in [2.75, 3.05) is 6.61 Å². The molecule has 0 spiro atoms. The lowest BCUT2D eigenvalue weighted by atomic mass is 10.1. The monoisotopic (exact) mass is 200 g/mol. The third-order valence-electron chi connectivity index (χ3n) is 1.33. The lowest BCUT2D eigenvalue weighted by Gasteiger charge is -2.09. The summed E-state index contributed by atoms with van der Waals surface area (Å²) in [5, 5.41) is 17.3. The van der Waals surface area contributed by atoms with Crippen LogP contribution in [0.15, 0.2) is 23.5 Å². The number of hydrogen-bond acceptors (Lipinski definition) is 3. The van der Waals surface area contributed by atoms with Crippen LogP contribution in [-0.2, 0) is 14.3 Å². The van der Waals surface area contributed by atoms with E-state index in [9.17, 15) is 9.59 Å². The van der Waals surface area contributed by atoms with Crippen LogP contribution in [-0.4, -0.2) is 28.8 Å². The van der Waals surface area contributed by atoms with E-state index in [1.165, 1.54) is 6.92 Å². The normalized spacial score (nSPS) is 9.00. The van der Waals surface area contributed by atoms with Gasteiger partial charge in [-0.05, 0) is 19.4 Å². The molecule has 0 aliphatic carbocycles. The molecule has 5 heteroatoms. The van der Waals surface area contributed by atoms with Gasteiger partial charge in [0, 0.05) is 0 Å². The fourth-order valence-corrected chi connectivity index (χ4v) is 0.839. The summed E-state index contributed by atoms with van der Waals surface area (Å²) in [6.45, 7) is 6.75. The Kier molecular flexibility index (Phi) is 4.42. The van der Waals surface area contributed by atoms with Crippen molar-refractivity contribution in [2.45, 2.75) is 13.8 Å². The number of hydrogen-bond donors (Lipinski definition) is 2. The van der Waals surface area contributed by atoms with Crippen molar-refractivity contribution in [1.29, 1.82) is 0 Å². The maximum Gasteiger partial charge on any atom is 0.347 e. The SMILES string of the molecule is C=C(C)C(OCC)=C(C(=O)O)C(=O)O. The molecule has 5 nitrogen and oxygen atoms in total. The van der Waals surface area contributed by atoms with Gasteiger partial charge in [0.2, 0.25) is 0 Å². The number of allylic oxidation sites excluding steroid dienone is 1. The Morgan fingerprint density at radius 1 is 1.29 bits per heavy atom. The van der Waals surface area contributed by atoms with Crippen LogP contribution in [0.5, 0.6) is 0 Å². The van der Waals surface area contributed by atoms with E-state index >= 15 is 0 Å². The molecule has 0 bridgehead atoms. The van der Waals surface area contributed by atoms with Gasteiger partial charge in [0.25, 0.3) is 0 Å². The van der Waals surface area contributed by atoms with Crippen molar-refractivity contribution in [3.05, 3.63) is 23.5 Å². The molecule has 0 aromatic rings. The van der Waals surface area contributed by atoms with Gasteiger partial charge in [-0.3, -0.25) is 0 Å². The number of ether oxygens (including phenoxy) is 1. The van der Waals surface area contributed by atoms with E-state index in [0.29, 0.717) is 0 Å². The minimum atomic E-state index is -1.54.